The van der Waals surface area contributed by atoms with Crippen LogP contribution in [0.2, 0.25) is 10.0 Å². The highest BCUT2D eigenvalue weighted by molar-refractivity contribution is 6.47. The number of nitrogens with zero attached hydrogens (tertiary/aromatic N) is 1. The van der Waals surface area contributed by atoms with Gasteiger partial charge in [-0.15, -0.1) is 0 Å². The van der Waals surface area contributed by atoms with Crippen molar-refractivity contribution in [2.24, 2.45) is 0 Å². The van der Waals surface area contributed by atoms with Crippen molar-refractivity contribution in [3.8, 4) is 5.75 Å². The van der Waals surface area contributed by atoms with Gasteiger partial charge in [-0.2, -0.15) is 0 Å². The van der Waals surface area contributed by atoms with Crippen LogP contribution in [0.4, 0.5) is 0 Å². The highest BCUT2D eigenvalue weighted by atomic mass is 35.5. The average molecular weight is 464 g/mol. The number of Topliss-reactive ketones (excluding diaryl/α,β-unsaturated/α-hetero) is 1. The van der Waals surface area contributed by atoms with E-state index in [4.69, 9.17) is 32.7 Å². The van der Waals surface area contributed by atoms with Crippen molar-refractivity contribution in [1.29, 1.82) is 0 Å². The minimum Gasteiger partial charge on any atom is -0.507 e. The van der Waals surface area contributed by atoms with Crippen molar-refractivity contribution in [2.75, 3.05) is 27.4 Å². The molecule has 0 radical (unpaired) electrons. The molecule has 1 saturated heterocycles. The first-order valence-electron chi connectivity index (χ1n) is 9.67. The first kappa shape index (κ1) is 23.1. The van der Waals surface area contributed by atoms with Crippen molar-refractivity contribution in [1.82, 2.24) is 4.90 Å². The maximum Gasteiger partial charge on any atom is 0.295 e. The van der Waals surface area contributed by atoms with E-state index in [1.54, 1.807) is 50.6 Å². The fourth-order valence-corrected chi connectivity index (χ4v) is 4.23. The number of hydrogen-bond donors (Lipinski definition) is 1. The van der Waals surface area contributed by atoms with Gasteiger partial charge in [0.15, 0.2) is 0 Å². The molecule has 1 fully saturated rings. The molecular weight excluding hydrogens is 441 g/mol. The Labute approximate surface area is 191 Å². The molecule has 0 saturated carbocycles. The lowest BCUT2D eigenvalue weighted by Gasteiger charge is -2.26. The molecule has 0 unspecified atom stereocenters. The van der Waals surface area contributed by atoms with Crippen LogP contribution < -0.4 is 4.74 Å². The van der Waals surface area contributed by atoms with Crippen LogP contribution in [0.3, 0.4) is 0 Å². The molecule has 1 aliphatic heterocycles. The maximum atomic E-state index is 13.0. The van der Waals surface area contributed by atoms with E-state index in [9.17, 15) is 14.7 Å². The Morgan fingerprint density at radius 3 is 2.48 bits per heavy atom. The van der Waals surface area contributed by atoms with Gasteiger partial charge in [-0.25, -0.2) is 0 Å². The van der Waals surface area contributed by atoms with Gasteiger partial charge in [0.2, 0.25) is 0 Å². The van der Waals surface area contributed by atoms with Gasteiger partial charge in [-0.3, -0.25) is 9.59 Å². The Morgan fingerprint density at radius 1 is 1.13 bits per heavy atom. The number of aliphatic hydroxyl groups excluding tert-OH is 1. The number of methoxy groups -OCH3 is 2. The molecule has 2 aromatic rings. The monoisotopic (exact) mass is 463 g/mol. The van der Waals surface area contributed by atoms with Gasteiger partial charge in [0.25, 0.3) is 11.7 Å². The van der Waals surface area contributed by atoms with Gasteiger partial charge >= 0.3 is 0 Å². The van der Waals surface area contributed by atoms with Crippen LogP contribution in [0.1, 0.15) is 29.2 Å². The molecule has 0 spiro atoms. The Balaban J connectivity index is 2.17. The molecule has 1 atom stereocenters. The number of hydrogen-bond acceptors (Lipinski definition) is 5. The van der Waals surface area contributed by atoms with E-state index >= 15 is 0 Å². The molecule has 8 heteroatoms. The minimum absolute atomic E-state index is 0.0174. The largest absolute Gasteiger partial charge is 0.507 e. The minimum atomic E-state index is -0.843. The maximum absolute atomic E-state index is 13.0. The van der Waals surface area contributed by atoms with E-state index in [0.717, 1.165) is 5.56 Å². The summed E-state index contributed by atoms with van der Waals surface area (Å²) >= 11 is 12.5. The van der Waals surface area contributed by atoms with Gasteiger partial charge in [0, 0.05) is 35.9 Å². The Morgan fingerprint density at radius 2 is 1.87 bits per heavy atom. The highest BCUT2D eigenvalue weighted by Crippen LogP contribution is 2.42. The molecule has 2 aromatic carbocycles. The third kappa shape index (κ3) is 4.56. The molecule has 1 amide bonds. The standard InChI is InChI=1S/C23H23Cl2NO5/c1-13-11-14(5-8-18(13)31-3)21(27)19-20(16-7-6-15(24)12-17(16)25)26(9-4-10-30-2)23(29)22(19)28/h5-8,11-12,20,27H,4,9-10H2,1-3H3/b21-19+/t20-/m0/s1. The number of likely N-dealkylation sites (tertiary alicyclic amines) is 1. The molecule has 6 nitrogen and oxygen atoms in total. The number of benzene rings is 2. The quantitative estimate of drug-likeness (QED) is 0.277. The summed E-state index contributed by atoms with van der Waals surface area (Å²) in [5.74, 6) is -1.08. The van der Waals surface area contributed by atoms with Crippen LogP contribution >= 0.6 is 23.2 Å². The van der Waals surface area contributed by atoms with Crippen molar-refractivity contribution >= 4 is 40.7 Å². The number of aryl methyl sites for hydroxylation is 1. The number of carbonyl (C=O) groups excluding carboxylic acids is 2. The molecule has 0 aromatic heterocycles. The summed E-state index contributed by atoms with van der Waals surface area (Å²) in [7, 11) is 3.11. The van der Waals surface area contributed by atoms with Crippen LogP contribution in [0.15, 0.2) is 42.0 Å². The Bertz CT molecular complexity index is 1050. The summed E-state index contributed by atoms with van der Waals surface area (Å²) in [4.78, 5) is 27.3. The lowest BCUT2D eigenvalue weighted by atomic mass is 9.94. The van der Waals surface area contributed by atoms with E-state index in [-0.39, 0.29) is 17.9 Å². The van der Waals surface area contributed by atoms with E-state index < -0.39 is 17.7 Å². The second kappa shape index (κ2) is 9.73. The summed E-state index contributed by atoms with van der Waals surface area (Å²) in [6, 6.07) is 9.04. The summed E-state index contributed by atoms with van der Waals surface area (Å²) in [6.07, 6.45) is 0.521. The van der Waals surface area contributed by atoms with E-state index in [1.165, 1.54) is 4.90 Å². The molecular formula is C23H23Cl2NO5. The van der Waals surface area contributed by atoms with E-state index in [1.807, 2.05) is 6.92 Å². The number of rotatable bonds is 7. The predicted molar refractivity (Wildman–Crippen MR) is 120 cm³/mol. The summed E-state index contributed by atoms with van der Waals surface area (Å²) < 4.78 is 10.3. The number of amides is 1. The molecule has 0 bridgehead atoms. The number of aliphatic hydroxyl groups is 1. The number of carbonyl (C=O) groups is 2. The molecule has 31 heavy (non-hydrogen) atoms. The summed E-state index contributed by atoms with van der Waals surface area (Å²) in [5.41, 5.74) is 1.68. The number of ether oxygens (including phenoxy) is 2. The van der Waals surface area contributed by atoms with Crippen molar-refractivity contribution in [2.45, 2.75) is 19.4 Å². The summed E-state index contributed by atoms with van der Waals surface area (Å²) in [5, 5.41) is 11.8. The second-order valence-corrected chi connectivity index (χ2v) is 8.03. The van der Waals surface area contributed by atoms with Gasteiger partial charge < -0.3 is 19.5 Å². The average Bonchev–Trinajstić information content (AvgIpc) is 2.98. The number of halogens is 2. The van der Waals surface area contributed by atoms with Crippen LogP contribution in [-0.2, 0) is 14.3 Å². The van der Waals surface area contributed by atoms with Crippen LogP contribution in [0, 0.1) is 6.92 Å². The van der Waals surface area contributed by atoms with Gasteiger partial charge in [-0.05, 0) is 54.8 Å². The summed E-state index contributed by atoms with van der Waals surface area (Å²) in [6.45, 7) is 2.51. The lowest BCUT2D eigenvalue weighted by molar-refractivity contribution is -0.140. The molecule has 1 N–H and O–H groups in total. The SMILES string of the molecule is COCCCN1C(=O)C(=O)/C(=C(/O)c2ccc(OC)c(C)c2)[C@@H]1c1ccc(Cl)cc1Cl. The Hall–Kier alpha value is -2.54. The predicted octanol–water partition coefficient (Wildman–Crippen LogP) is 4.77. The number of ketones is 1. The van der Waals surface area contributed by atoms with Crippen molar-refractivity contribution < 1.29 is 24.2 Å². The van der Waals surface area contributed by atoms with Crippen LogP contribution in [0.25, 0.3) is 5.76 Å². The first-order valence-corrected chi connectivity index (χ1v) is 10.4. The zero-order valence-corrected chi connectivity index (χ0v) is 19.0. The van der Waals surface area contributed by atoms with E-state index in [0.29, 0.717) is 39.9 Å². The van der Waals surface area contributed by atoms with Crippen LogP contribution in [-0.4, -0.2) is 49.1 Å². The lowest BCUT2D eigenvalue weighted by Crippen LogP contribution is -2.31. The second-order valence-electron chi connectivity index (χ2n) is 7.19. The normalized spacial score (nSPS) is 18.0. The molecule has 164 valence electrons. The van der Waals surface area contributed by atoms with Gasteiger partial charge in [0.05, 0.1) is 18.7 Å². The van der Waals surface area contributed by atoms with Crippen LogP contribution in [0.5, 0.6) is 5.75 Å². The molecule has 3 rings (SSSR count). The van der Waals surface area contributed by atoms with Crippen molar-refractivity contribution in [3.05, 3.63) is 68.7 Å². The molecule has 1 heterocycles. The first-order chi connectivity index (χ1) is 14.8. The molecule has 1 aliphatic rings. The Kier molecular flexibility index (Phi) is 7.26. The highest BCUT2D eigenvalue weighted by Gasteiger charge is 2.46. The third-order valence-corrected chi connectivity index (χ3v) is 5.78. The van der Waals surface area contributed by atoms with Crippen molar-refractivity contribution in [3.63, 3.8) is 0 Å². The van der Waals surface area contributed by atoms with E-state index in [2.05, 4.69) is 0 Å². The zero-order valence-electron chi connectivity index (χ0n) is 17.4. The fourth-order valence-electron chi connectivity index (χ4n) is 3.72. The topological polar surface area (TPSA) is 76.1 Å². The smallest absolute Gasteiger partial charge is 0.295 e. The third-order valence-electron chi connectivity index (χ3n) is 5.21. The van der Waals surface area contributed by atoms with Gasteiger partial charge in [-0.1, -0.05) is 29.3 Å². The molecule has 0 aliphatic carbocycles. The fraction of sp³-hybridized carbons (Fsp3) is 0.304. The zero-order chi connectivity index (χ0) is 22.7. The van der Waals surface area contributed by atoms with Gasteiger partial charge in [0.1, 0.15) is 11.5 Å².